The second kappa shape index (κ2) is 5.69. The lowest BCUT2D eigenvalue weighted by Gasteiger charge is -2.09. The molecule has 0 aliphatic rings. The van der Waals surface area contributed by atoms with Gasteiger partial charge in [-0.05, 0) is 31.2 Å². The van der Waals surface area contributed by atoms with Crippen LogP contribution in [-0.2, 0) is 7.05 Å². The summed E-state index contributed by atoms with van der Waals surface area (Å²) in [4.78, 5) is 13.6. The summed E-state index contributed by atoms with van der Waals surface area (Å²) in [6.07, 6.45) is 5.38. The summed E-state index contributed by atoms with van der Waals surface area (Å²) in [5, 5.41) is 6.02. The topological polar surface area (TPSA) is 56.5 Å². The minimum atomic E-state index is 0.595. The van der Waals surface area contributed by atoms with E-state index in [0.717, 1.165) is 39.2 Å². The first kappa shape index (κ1) is 14.8. The Kier molecular flexibility index (Phi) is 3.50. The molecule has 0 amide bonds. The summed E-state index contributed by atoms with van der Waals surface area (Å²) < 4.78 is 1.75. The summed E-state index contributed by atoms with van der Waals surface area (Å²) in [5.41, 5.74) is 4.80. The molecule has 5 nitrogen and oxygen atoms in total. The van der Waals surface area contributed by atoms with Crippen LogP contribution in [0, 0.1) is 6.92 Å². The molecule has 3 heterocycles. The van der Waals surface area contributed by atoms with Gasteiger partial charge in [0, 0.05) is 36.6 Å². The minimum Gasteiger partial charge on any atom is -0.275 e. The van der Waals surface area contributed by atoms with Crippen LogP contribution in [0.3, 0.4) is 0 Å². The summed E-state index contributed by atoms with van der Waals surface area (Å²) in [6.45, 7) is 1.92. The van der Waals surface area contributed by atoms with Crippen molar-refractivity contribution in [2.45, 2.75) is 6.92 Å². The molecule has 0 bridgehead atoms. The zero-order valence-corrected chi connectivity index (χ0v) is 14.0. The van der Waals surface area contributed by atoms with Crippen LogP contribution in [0.25, 0.3) is 33.5 Å². The van der Waals surface area contributed by atoms with E-state index in [9.17, 15) is 0 Å². The van der Waals surface area contributed by atoms with Gasteiger partial charge in [-0.3, -0.25) is 14.6 Å². The van der Waals surface area contributed by atoms with Crippen LogP contribution in [0.5, 0.6) is 0 Å². The molecule has 3 aromatic heterocycles. The summed E-state index contributed by atoms with van der Waals surface area (Å²) >= 11 is 6.42. The van der Waals surface area contributed by atoms with Crippen molar-refractivity contribution >= 4 is 22.5 Å². The molecule has 0 spiro atoms. The Morgan fingerprint density at radius 2 is 1.96 bits per heavy atom. The van der Waals surface area contributed by atoms with Crippen molar-refractivity contribution in [3.63, 3.8) is 0 Å². The van der Waals surface area contributed by atoms with E-state index < -0.39 is 0 Å². The van der Waals surface area contributed by atoms with Gasteiger partial charge in [0.25, 0.3) is 0 Å². The summed E-state index contributed by atoms with van der Waals surface area (Å²) in [7, 11) is 1.88. The van der Waals surface area contributed by atoms with E-state index in [1.165, 1.54) is 0 Å². The SMILES string of the molecule is Cc1cnc(-c2cc(Cl)c3ncccc3c2)c(-c2ccn(C)n2)n1. The van der Waals surface area contributed by atoms with Crippen LogP contribution in [0.4, 0.5) is 0 Å². The second-order valence-electron chi connectivity index (χ2n) is 5.62. The molecule has 118 valence electrons. The minimum absolute atomic E-state index is 0.595. The monoisotopic (exact) mass is 335 g/mol. The number of benzene rings is 1. The van der Waals surface area contributed by atoms with Crippen LogP contribution in [-0.4, -0.2) is 24.7 Å². The average Bonchev–Trinajstić information content (AvgIpc) is 3.01. The van der Waals surface area contributed by atoms with E-state index in [0.29, 0.717) is 5.02 Å². The van der Waals surface area contributed by atoms with Crippen molar-refractivity contribution < 1.29 is 0 Å². The molecular weight excluding hydrogens is 322 g/mol. The van der Waals surface area contributed by atoms with Crippen LogP contribution < -0.4 is 0 Å². The summed E-state index contributed by atoms with van der Waals surface area (Å²) in [5.74, 6) is 0. The number of pyridine rings is 1. The van der Waals surface area contributed by atoms with Gasteiger partial charge in [-0.1, -0.05) is 17.7 Å². The van der Waals surface area contributed by atoms with E-state index in [2.05, 4.69) is 20.1 Å². The van der Waals surface area contributed by atoms with Crippen LogP contribution in [0.15, 0.2) is 48.9 Å². The van der Waals surface area contributed by atoms with Gasteiger partial charge in [-0.25, -0.2) is 4.98 Å². The lowest BCUT2D eigenvalue weighted by molar-refractivity contribution is 0.769. The maximum absolute atomic E-state index is 6.42. The first-order chi connectivity index (χ1) is 11.6. The molecule has 4 rings (SSSR count). The highest BCUT2D eigenvalue weighted by atomic mass is 35.5. The smallest absolute Gasteiger partial charge is 0.117 e. The van der Waals surface area contributed by atoms with Crippen molar-refractivity contribution in [3.05, 3.63) is 59.6 Å². The highest BCUT2D eigenvalue weighted by Gasteiger charge is 2.15. The Labute approximate surface area is 144 Å². The predicted molar refractivity (Wildman–Crippen MR) is 94.7 cm³/mol. The Morgan fingerprint density at radius 3 is 2.75 bits per heavy atom. The predicted octanol–water partition coefficient (Wildman–Crippen LogP) is 4.05. The Hall–Kier alpha value is -2.79. The number of fused-ring (bicyclic) bond motifs is 1. The van der Waals surface area contributed by atoms with E-state index in [1.807, 2.05) is 50.5 Å². The van der Waals surface area contributed by atoms with Crippen molar-refractivity contribution in [2.75, 3.05) is 0 Å². The van der Waals surface area contributed by atoms with Gasteiger partial charge in [-0.2, -0.15) is 5.10 Å². The highest BCUT2D eigenvalue weighted by molar-refractivity contribution is 6.35. The highest BCUT2D eigenvalue weighted by Crippen LogP contribution is 2.33. The van der Waals surface area contributed by atoms with Gasteiger partial charge in [0.05, 0.1) is 21.9 Å². The molecule has 0 N–H and O–H groups in total. The normalized spacial score (nSPS) is 11.1. The van der Waals surface area contributed by atoms with Gasteiger partial charge in [0.2, 0.25) is 0 Å². The number of rotatable bonds is 2. The maximum atomic E-state index is 6.42. The van der Waals surface area contributed by atoms with Crippen molar-refractivity contribution in [1.29, 1.82) is 0 Å². The van der Waals surface area contributed by atoms with Gasteiger partial charge in [0.1, 0.15) is 11.4 Å². The van der Waals surface area contributed by atoms with Crippen LogP contribution >= 0.6 is 11.6 Å². The number of hydrogen-bond acceptors (Lipinski definition) is 4. The third-order valence-electron chi connectivity index (χ3n) is 3.78. The standard InChI is InChI=1S/C18H14ClN5/c1-11-10-21-17(18(22-11)15-5-7-24(2)23-15)13-8-12-4-3-6-20-16(12)14(19)9-13/h3-10H,1-2H3. The first-order valence-corrected chi connectivity index (χ1v) is 7.88. The fourth-order valence-electron chi connectivity index (χ4n) is 2.69. The van der Waals surface area contributed by atoms with Gasteiger partial charge in [-0.15, -0.1) is 0 Å². The van der Waals surface area contributed by atoms with Crippen LogP contribution in [0.1, 0.15) is 5.69 Å². The zero-order valence-electron chi connectivity index (χ0n) is 13.2. The Morgan fingerprint density at radius 1 is 1.08 bits per heavy atom. The number of aromatic nitrogens is 5. The molecule has 6 heteroatoms. The second-order valence-corrected chi connectivity index (χ2v) is 6.02. The van der Waals surface area contributed by atoms with E-state index in [4.69, 9.17) is 11.6 Å². The molecule has 24 heavy (non-hydrogen) atoms. The van der Waals surface area contributed by atoms with Crippen molar-refractivity contribution in [2.24, 2.45) is 7.05 Å². The van der Waals surface area contributed by atoms with E-state index >= 15 is 0 Å². The van der Waals surface area contributed by atoms with Crippen molar-refractivity contribution in [1.82, 2.24) is 24.7 Å². The fraction of sp³-hybridized carbons (Fsp3) is 0.111. The van der Waals surface area contributed by atoms with Gasteiger partial charge in [0.15, 0.2) is 0 Å². The molecule has 0 radical (unpaired) electrons. The quantitative estimate of drug-likeness (QED) is 0.554. The molecule has 0 fully saturated rings. The lowest BCUT2D eigenvalue weighted by atomic mass is 10.0. The van der Waals surface area contributed by atoms with E-state index in [1.54, 1.807) is 17.1 Å². The third kappa shape index (κ3) is 2.53. The van der Waals surface area contributed by atoms with Gasteiger partial charge < -0.3 is 0 Å². The Balaban J connectivity index is 1.97. The van der Waals surface area contributed by atoms with Crippen molar-refractivity contribution in [3.8, 4) is 22.6 Å². The number of hydrogen-bond donors (Lipinski definition) is 0. The zero-order chi connectivity index (χ0) is 16.7. The maximum Gasteiger partial charge on any atom is 0.117 e. The molecule has 0 atom stereocenters. The van der Waals surface area contributed by atoms with Crippen LogP contribution in [0.2, 0.25) is 5.02 Å². The molecule has 0 unspecified atom stereocenters. The van der Waals surface area contributed by atoms with Gasteiger partial charge >= 0.3 is 0 Å². The lowest BCUT2D eigenvalue weighted by Crippen LogP contribution is -1.97. The molecule has 0 saturated heterocycles. The third-order valence-corrected chi connectivity index (χ3v) is 4.07. The number of aryl methyl sites for hydroxylation is 2. The fourth-order valence-corrected chi connectivity index (χ4v) is 2.97. The number of halogens is 1. The molecule has 0 aliphatic heterocycles. The van der Waals surface area contributed by atoms with E-state index in [-0.39, 0.29) is 0 Å². The molecule has 0 saturated carbocycles. The molecule has 1 aromatic carbocycles. The Bertz CT molecular complexity index is 1050. The first-order valence-electron chi connectivity index (χ1n) is 7.50. The molecule has 4 aromatic rings. The molecular formula is C18H14ClN5. The largest absolute Gasteiger partial charge is 0.275 e. The number of nitrogens with zero attached hydrogens (tertiary/aromatic N) is 5. The average molecular weight is 336 g/mol. The summed E-state index contributed by atoms with van der Waals surface area (Å²) in [6, 6.07) is 9.71. The molecule has 0 aliphatic carbocycles.